The third-order valence-corrected chi connectivity index (χ3v) is 5.17. The quantitative estimate of drug-likeness (QED) is 0.795. The molecule has 0 unspecified atom stereocenters. The largest absolute Gasteiger partial charge is 0.481 e. The number of thioether (sulfide) groups is 1. The van der Waals surface area contributed by atoms with Crippen molar-refractivity contribution in [3.8, 4) is 0 Å². The molecule has 0 aliphatic rings. The predicted octanol–water partition coefficient (Wildman–Crippen LogP) is 3.53. The maximum Gasteiger partial charge on any atom is 0.313 e. The van der Waals surface area contributed by atoms with Gasteiger partial charge in [-0.05, 0) is 34.5 Å². The first-order valence-electron chi connectivity index (χ1n) is 5.26. The molecule has 2 rings (SSSR count). The van der Waals surface area contributed by atoms with Gasteiger partial charge in [-0.3, -0.25) is 4.79 Å². The molecule has 0 atom stereocenters. The van der Waals surface area contributed by atoms with E-state index < -0.39 is 5.97 Å². The van der Waals surface area contributed by atoms with Gasteiger partial charge in [0.05, 0.1) is 11.4 Å². The van der Waals surface area contributed by atoms with Crippen molar-refractivity contribution in [3.63, 3.8) is 0 Å². The van der Waals surface area contributed by atoms with Gasteiger partial charge < -0.3 is 10.4 Å². The molecule has 19 heavy (non-hydrogen) atoms. The van der Waals surface area contributed by atoms with Crippen molar-refractivity contribution < 1.29 is 9.90 Å². The molecule has 2 aromatic rings. The van der Waals surface area contributed by atoms with Crippen LogP contribution in [0.4, 0.5) is 10.8 Å². The monoisotopic (exact) mass is 359 g/mol. The van der Waals surface area contributed by atoms with Crippen LogP contribution in [-0.4, -0.2) is 27.0 Å². The summed E-state index contributed by atoms with van der Waals surface area (Å²) in [7, 11) is 0. The number of nitrogens with zero attached hydrogens (tertiary/aromatic N) is 2. The topological polar surface area (TPSA) is 75.1 Å². The minimum Gasteiger partial charge on any atom is -0.481 e. The number of rotatable bonds is 5. The van der Waals surface area contributed by atoms with Crippen LogP contribution in [0.1, 0.15) is 5.56 Å². The van der Waals surface area contributed by atoms with Crippen molar-refractivity contribution in [2.24, 2.45) is 0 Å². The SMILES string of the molecule is Cc1cccc(Nc2nnc(SCC(=O)O)s2)c1Br. The Bertz CT molecular complexity index is 603. The summed E-state index contributed by atoms with van der Waals surface area (Å²) in [4.78, 5) is 10.5. The number of benzene rings is 1. The van der Waals surface area contributed by atoms with Crippen molar-refractivity contribution in [2.75, 3.05) is 11.1 Å². The lowest BCUT2D eigenvalue weighted by Gasteiger charge is -2.06. The molecule has 8 heteroatoms. The zero-order chi connectivity index (χ0) is 13.8. The smallest absolute Gasteiger partial charge is 0.313 e. The highest BCUT2D eigenvalue weighted by atomic mass is 79.9. The van der Waals surface area contributed by atoms with E-state index in [0.717, 1.165) is 27.5 Å². The highest BCUT2D eigenvalue weighted by Crippen LogP contribution is 2.31. The first-order chi connectivity index (χ1) is 9.06. The zero-order valence-corrected chi connectivity index (χ0v) is 13.1. The lowest BCUT2D eigenvalue weighted by Crippen LogP contribution is -1.96. The Morgan fingerprint density at radius 3 is 3.05 bits per heavy atom. The molecule has 0 spiro atoms. The van der Waals surface area contributed by atoms with Crippen molar-refractivity contribution in [1.29, 1.82) is 0 Å². The average Bonchev–Trinajstić information content (AvgIpc) is 2.80. The lowest BCUT2D eigenvalue weighted by molar-refractivity contribution is -0.133. The molecule has 0 amide bonds. The fraction of sp³-hybridized carbons (Fsp3) is 0.182. The second-order valence-corrected chi connectivity index (χ2v) is 6.61. The normalized spacial score (nSPS) is 10.4. The third-order valence-electron chi connectivity index (χ3n) is 2.16. The maximum atomic E-state index is 10.5. The fourth-order valence-electron chi connectivity index (χ4n) is 1.30. The van der Waals surface area contributed by atoms with Crippen LogP contribution in [0.3, 0.4) is 0 Å². The fourth-order valence-corrected chi connectivity index (χ4v) is 3.15. The van der Waals surface area contributed by atoms with Gasteiger partial charge in [-0.1, -0.05) is 35.2 Å². The number of carbonyl (C=O) groups is 1. The second-order valence-electron chi connectivity index (χ2n) is 3.62. The number of aryl methyl sites for hydroxylation is 1. The molecule has 0 radical (unpaired) electrons. The summed E-state index contributed by atoms with van der Waals surface area (Å²) in [5, 5.41) is 20.3. The number of hydrogen-bond donors (Lipinski definition) is 2. The molecule has 0 saturated heterocycles. The van der Waals surface area contributed by atoms with Crippen LogP contribution < -0.4 is 5.32 Å². The van der Waals surface area contributed by atoms with E-state index in [4.69, 9.17) is 5.11 Å². The molecule has 0 saturated carbocycles. The maximum absolute atomic E-state index is 10.5. The molecular weight excluding hydrogens is 350 g/mol. The van der Waals surface area contributed by atoms with Gasteiger partial charge in [0.1, 0.15) is 0 Å². The highest BCUT2D eigenvalue weighted by Gasteiger charge is 2.09. The number of aliphatic carboxylic acids is 1. The zero-order valence-electron chi connectivity index (χ0n) is 9.88. The molecule has 0 fully saturated rings. The molecule has 0 aliphatic carbocycles. The lowest BCUT2D eigenvalue weighted by atomic mass is 10.2. The summed E-state index contributed by atoms with van der Waals surface area (Å²) in [6.07, 6.45) is 0. The Labute approximate surface area is 126 Å². The number of nitrogens with one attached hydrogen (secondary N) is 1. The molecule has 2 N–H and O–H groups in total. The van der Waals surface area contributed by atoms with Crippen molar-refractivity contribution in [3.05, 3.63) is 28.2 Å². The summed E-state index contributed by atoms with van der Waals surface area (Å²) in [5.41, 5.74) is 2.03. The summed E-state index contributed by atoms with van der Waals surface area (Å²) in [5.74, 6) is -0.876. The van der Waals surface area contributed by atoms with Gasteiger partial charge >= 0.3 is 5.97 Å². The van der Waals surface area contributed by atoms with Gasteiger partial charge in [0.15, 0.2) is 4.34 Å². The van der Waals surface area contributed by atoms with Crippen molar-refractivity contribution in [1.82, 2.24) is 10.2 Å². The average molecular weight is 360 g/mol. The van der Waals surface area contributed by atoms with E-state index in [-0.39, 0.29) is 5.75 Å². The Hall–Kier alpha value is -1.12. The van der Waals surface area contributed by atoms with Gasteiger partial charge in [0.2, 0.25) is 5.13 Å². The predicted molar refractivity (Wildman–Crippen MR) is 80.4 cm³/mol. The van der Waals surface area contributed by atoms with Gasteiger partial charge in [-0.15, -0.1) is 10.2 Å². The molecule has 1 heterocycles. The summed E-state index contributed by atoms with van der Waals surface area (Å²) >= 11 is 6.00. The molecule has 100 valence electrons. The van der Waals surface area contributed by atoms with E-state index in [1.165, 1.54) is 11.3 Å². The Morgan fingerprint density at radius 1 is 1.53 bits per heavy atom. The number of carboxylic acid groups (broad SMARTS) is 1. The third kappa shape index (κ3) is 3.92. The van der Waals surface area contributed by atoms with E-state index in [1.54, 1.807) is 0 Å². The summed E-state index contributed by atoms with van der Waals surface area (Å²) in [6, 6.07) is 5.88. The Kier molecular flexibility index (Phi) is 4.78. The van der Waals surface area contributed by atoms with Gasteiger partial charge in [0, 0.05) is 4.47 Å². The van der Waals surface area contributed by atoms with Crippen LogP contribution in [0.5, 0.6) is 0 Å². The molecule has 0 bridgehead atoms. The van der Waals surface area contributed by atoms with Crippen LogP contribution >= 0.6 is 39.0 Å². The van der Waals surface area contributed by atoms with Crippen LogP contribution in [0.2, 0.25) is 0 Å². The highest BCUT2D eigenvalue weighted by molar-refractivity contribution is 9.10. The van der Waals surface area contributed by atoms with Crippen molar-refractivity contribution in [2.45, 2.75) is 11.3 Å². The van der Waals surface area contributed by atoms with E-state index >= 15 is 0 Å². The van der Waals surface area contributed by atoms with E-state index in [2.05, 4.69) is 31.4 Å². The second kappa shape index (κ2) is 6.36. The van der Waals surface area contributed by atoms with E-state index in [0.29, 0.717) is 9.47 Å². The first-order valence-corrected chi connectivity index (χ1v) is 7.86. The summed E-state index contributed by atoms with van der Waals surface area (Å²) in [6.45, 7) is 2.00. The summed E-state index contributed by atoms with van der Waals surface area (Å²) < 4.78 is 1.61. The molecule has 1 aromatic carbocycles. The number of aromatic nitrogens is 2. The van der Waals surface area contributed by atoms with Crippen LogP contribution in [0.15, 0.2) is 27.0 Å². The van der Waals surface area contributed by atoms with Crippen molar-refractivity contribution >= 4 is 55.8 Å². The molecule has 0 aliphatic heterocycles. The molecular formula is C11H10BrN3O2S2. The van der Waals surface area contributed by atoms with E-state index in [1.807, 2.05) is 25.1 Å². The van der Waals surface area contributed by atoms with Crippen LogP contribution in [-0.2, 0) is 4.79 Å². The Morgan fingerprint density at radius 2 is 2.32 bits per heavy atom. The number of hydrogen-bond acceptors (Lipinski definition) is 6. The van der Waals surface area contributed by atoms with Crippen LogP contribution in [0.25, 0.3) is 0 Å². The molecule has 5 nitrogen and oxygen atoms in total. The number of halogens is 1. The van der Waals surface area contributed by atoms with Gasteiger partial charge in [-0.2, -0.15) is 0 Å². The number of anilines is 2. The first kappa shape index (κ1) is 14.3. The van der Waals surface area contributed by atoms with Gasteiger partial charge in [-0.25, -0.2) is 0 Å². The standard InChI is InChI=1S/C11H10BrN3O2S2/c1-6-3-2-4-7(9(6)12)13-10-14-15-11(19-10)18-5-8(16)17/h2-4H,5H2,1H3,(H,13,14)(H,16,17). The van der Waals surface area contributed by atoms with Gasteiger partial charge in [0.25, 0.3) is 0 Å². The minimum atomic E-state index is -0.865. The minimum absolute atomic E-state index is 0.0111. The molecule has 1 aromatic heterocycles. The van der Waals surface area contributed by atoms with Crippen LogP contribution in [0, 0.1) is 6.92 Å². The Balaban J connectivity index is 2.07. The number of carboxylic acids is 1. The van der Waals surface area contributed by atoms with E-state index in [9.17, 15) is 4.79 Å².